The van der Waals surface area contributed by atoms with Gasteiger partial charge in [0.2, 0.25) is 0 Å². The van der Waals surface area contributed by atoms with Gasteiger partial charge in [-0.05, 0) is 247 Å². The van der Waals surface area contributed by atoms with E-state index in [1.807, 2.05) is 0 Å². The largest absolute Gasteiger partial charge is 0.454 e. The standard InChI is InChI=1S/C120H99N7O/c1-117(2,3)76-40-48-84(49-41-76)121(85-50-42-77(43-51-85)118(4,5)6)88-56-60-98-107(72-88)124(80-28-17-13-18-29-80)102-68-64-95-93(112(98)102)66-70-104-114(95)100-62-58-90(74-109(100)126(104)82-32-21-15-22-33-82)123(106-38-27-37-97-92-36-25-26-39-111(92)128-116(97)106)91-59-63-101-110(75-91)127(83-34-23-16-24-35-83)105-71-67-94-96(115(101)105)65-69-103-113(94)99-61-57-89(73-108(99)125(103)81-30-19-14-20-31-81)122(86-52-44-78(45-53-86)119(7,8)9)87-54-46-79(47-55-87)120(10,11)12/h13-75H,1-12H3. The van der Waals surface area contributed by atoms with E-state index in [2.05, 4.69) is 498 Å². The lowest BCUT2D eigenvalue weighted by atomic mass is 9.86. The van der Waals surface area contributed by atoms with Crippen molar-refractivity contribution in [3.05, 3.63) is 404 Å². The van der Waals surface area contributed by atoms with Gasteiger partial charge < -0.3 is 37.4 Å². The van der Waals surface area contributed by atoms with Gasteiger partial charge in [-0.1, -0.05) is 283 Å². The van der Waals surface area contributed by atoms with E-state index in [0.717, 1.165) is 151 Å². The third-order valence-corrected chi connectivity index (χ3v) is 26.9. The van der Waals surface area contributed by atoms with Crippen molar-refractivity contribution in [2.75, 3.05) is 14.7 Å². The van der Waals surface area contributed by atoms with Crippen LogP contribution < -0.4 is 14.7 Å². The van der Waals surface area contributed by atoms with Gasteiger partial charge >= 0.3 is 0 Å². The van der Waals surface area contributed by atoms with Crippen LogP contribution in [-0.2, 0) is 21.7 Å². The Kier molecular flexibility index (Phi) is 17.7. The summed E-state index contributed by atoms with van der Waals surface area (Å²) >= 11 is 0. The summed E-state index contributed by atoms with van der Waals surface area (Å²) < 4.78 is 17.1. The number of nitrogens with zero attached hydrogens (tertiary/aromatic N) is 7. The first-order chi connectivity index (χ1) is 62.0. The Bertz CT molecular complexity index is 7800. The van der Waals surface area contributed by atoms with E-state index in [0.29, 0.717) is 0 Å². The van der Waals surface area contributed by atoms with Crippen molar-refractivity contribution in [3.8, 4) is 22.7 Å². The average Bonchev–Trinajstić information content (AvgIpc) is 1.55. The fourth-order valence-corrected chi connectivity index (χ4v) is 20.5. The molecular weight excluding hydrogens is 1560 g/mol. The van der Waals surface area contributed by atoms with E-state index in [-0.39, 0.29) is 21.7 Å². The van der Waals surface area contributed by atoms with E-state index >= 15 is 0 Å². The predicted molar refractivity (Wildman–Crippen MR) is 545 cm³/mol. The molecule has 0 unspecified atom stereocenters. The summed E-state index contributed by atoms with van der Waals surface area (Å²) in [4.78, 5) is 7.29. The van der Waals surface area contributed by atoms with Gasteiger partial charge in [-0.2, -0.15) is 0 Å². The third-order valence-electron chi connectivity index (χ3n) is 26.9. The van der Waals surface area contributed by atoms with Crippen LogP contribution in [0.5, 0.6) is 0 Å². The van der Waals surface area contributed by atoms with Gasteiger partial charge in [0.1, 0.15) is 5.58 Å². The highest BCUT2D eigenvalue weighted by molar-refractivity contribution is 6.32. The topological polar surface area (TPSA) is 42.6 Å². The van der Waals surface area contributed by atoms with E-state index in [4.69, 9.17) is 4.42 Å². The fourth-order valence-electron chi connectivity index (χ4n) is 20.5. The van der Waals surface area contributed by atoms with E-state index in [9.17, 15) is 0 Å². The average molecular weight is 1660 g/mol. The summed E-state index contributed by atoms with van der Waals surface area (Å²) in [5.41, 5.74) is 29.6. The minimum Gasteiger partial charge on any atom is -0.454 e. The molecule has 0 aliphatic carbocycles. The second-order valence-electron chi connectivity index (χ2n) is 39.0. The molecule has 23 rings (SSSR count). The van der Waals surface area contributed by atoms with E-state index in [1.54, 1.807) is 0 Å². The maximum atomic E-state index is 7.16. The van der Waals surface area contributed by atoms with Crippen LogP contribution in [-0.4, -0.2) is 18.3 Å². The molecule has 8 heteroatoms. The molecule has 5 heterocycles. The van der Waals surface area contributed by atoms with Crippen LogP contribution in [0.15, 0.2) is 387 Å². The molecule has 8 nitrogen and oxygen atoms in total. The van der Waals surface area contributed by atoms with Gasteiger partial charge in [-0.25, -0.2) is 0 Å². The first kappa shape index (κ1) is 77.7. The lowest BCUT2D eigenvalue weighted by molar-refractivity contribution is 0.590. The highest BCUT2D eigenvalue weighted by atomic mass is 16.3. The SMILES string of the molecule is CC(C)(C)c1ccc(N(c2ccc(C(C)(C)C)cc2)c2ccc3c4c5ccc6c(c5ccc4n(-c4ccccc4)c3c2)c2ccc(N(c3ccc4c5c7ccc8c(c7ccc5n(-c5ccccc5)c4c3)c3ccc(N(c4ccc(C(C)(C)C)cc4)c4ccc(C(C)(C)C)cc4)cc3n8-c3ccccc3)c3cccc4c3oc3ccccc34)cc2n6-c2ccccc2)cc1. The first-order valence-corrected chi connectivity index (χ1v) is 44.9. The molecule has 0 aliphatic heterocycles. The Balaban J connectivity index is 0.724. The molecule has 0 N–H and O–H groups in total. The van der Waals surface area contributed by atoms with E-state index < -0.39 is 0 Å². The molecule has 0 saturated heterocycles. The number of benzene rings is 18. The number of furan rings is 1. The number of hydrogen-bond acceptors (Lipinski definition) is 4. The Labute approximate surface area is 746 Å². The van der Waals surface area contributed by atoms with Crippen LogP contribution in [0.25, 0.3) is 153 Å². The molecule has 128 heavy (non-hydrogen) atoms. The molecule has 0 aliphatic rings. The van der Waals surface area contributed by atoms with Crippen LogP contribution >= 0.6 is 0 Å². The van der Waals surface area contributed by atoms with Crippen LogP contribution in [0, 0.1) is 0 Å². The molecule has 0 spiro atoms. The summed E-state index contributed by atoms with van der Waals surface area (Å²) in [6, 6.07) is 143. The molecule has 18 aromatic carbocycles. The molecular formula is C120H99N7O. The van der Waals surface area contributed by atoms with Crippen LogP contribution in [0.2, 0.25) is 0 Å². The first-order valence-electron chi connectivity index (χ1n) is 44.9. The minimum absolute atomic E-state index is 0.00462. The van der Waals surface area contributed by atoms with Crippen molar-refractivity contribution in [2.24, 2.45) is 0 Å². The van der Waals surface area contributed by atoms with Crippen LogP contribution in [0.1, 0.15) is 105 Å². The van der Waals surface area contributed by atoms with Gasteiger partial charge in [0.25, 0.3) is 0 Å². The summed E-state index contributed by atoms with van der Waals surface area (Å²) in [6.45, 7) is 27.4. The normalized spacial score (nSPS) is 12.5. The van der Waals surface area contributed by atoms with Gasteiger partial charge in [0.15, 0.2) is 5.58 Å². The fraction of sp³-hybridized carbons (Fsp3) is 0.133. The van der Waals surface area contributed by atoms with Crippen molar-refractivity contribution in [2.45, 2.75) is 105 Å². The quantitative estimate of drug-likeness (QED) is 0.115. The molecule has 0 fully saturated rings. The summed E-state index contributed by atoms with van der Waals surface area (Å²) in [6.07, 6.45) is 0. The Morgan fingerprint density at radius 3 is 0.711 bits per heavy atom. The number of anilines is 9. The monoisotopic (exact) mass is 1650 g/mol. The zero-order valence-electron chi connectivity index (χ0n) is 74.4. The van der Waals surface area contributed by atoms with Crippen molar-refractivity contribution < 1.29 is 4.42 Å². The van der Waals surface area contributed by atoms with Crippen molar-refractivity contribution in [3.63, 3.8) is 0 Å². The molecule has 0 radical (unpaired) electrons. The maximum Gasteiger partial charge on any atom is 0.159 e. The zero-order valence-corrected chi connectivity index (χ0v) is 74.4. The van der Waals surface area contributed by atoms with Crippen molar-refractivity contribution in [1.29, 1.82) is 0 Å². The Morgan fingerprint density at radius 2 is 0.430 bits per heavy atom. The van der Waals surface area contributed by atoms with Crippen molar-refractivity contribution >= 4 is 182 Å². The molecule has 0 amide bonds. The maximum absolute atomic E-state index is 7.16. The molecule has 23 aromatic rings. The van der Waals surface area contributed by atoms with Gasteiger partial charge in [-0.3, -0.25) is 0 Å². The number of fused-ring (bicyclic) bond motifs is 21. The second kappa shape index (κ2) is 29.2. The summed E-state index contributed by atoms with van der Waals surface area (Å²) in [5, 5.41) is 16.3. The minimum atomic E-state index is 0.00462. The number of para-hydroxylation sites is 6. The van der Waals surface area contributed by atoms with Crippen molar-refractivity contribution in [1.82, 2.24) is 18.3 Å². The van der Waals surface area contributed by atoms with Gasteiger partial charge in [-0.15, -0.1) is 0 Å². The van der Waals surface area contributed by atoms with Gasteiger partial charge in [0, 0.05) is 122 Å². The number of rotatable bonds is 13. The Morgan fingerprint density at radius 1 is 0.188 bits per heavy atom. The van der Waals surface area contributed by atoms with Crippen LogP contribution in [0.4, 0.5) is 51.2 Å². The van der Waals surface area contributed by atoms with Gasteiger partial charge in [0.05, 0.1) is 49.8 Å². The predicted octanol–water partition coefficient (Wildman–Crippen LogP) is 33.9. The summed E-state index contributed by atoms with van der Waals surface area (Å²) in [5.74, 6) is 0. The van der Waals surface area contributed by atoms with Crippen LogP contribution in [0.3, 0.4) is 0 Å². The van der Waals surface area contributed by atoms with E-state index in [1.165, 1.54) is 76.1 Å². The number of aromatic nitrogens is 4. The second-order valence-corrected chi connectivity index (χ2v) is 39.0. The molecule has 5 aromatic heterocycles. The molecule has 0 bridgehead atoms. The number of hydrogen-bond donors (Lipinski definition) is 0. The lowest BCUT2D eigenvalue weighted by Gasteiger charge is -2.28. The highest BCUT2D eigenvalue weighted by Gasteiger charge is 2.30. The Hall–Kier alpha value is -15.1. The smallest absolute Gasteiger partial charge is 0.159 e. The summed E-state index contributed by atoms with van der Waals surface area (Å²) in [7, 11) is 0. The lowest BCUT2D eigenvalue weighted by Crippen LogP contribution is -2.14. The molecule has 0 saturated carbocycles. The molecule has 620 valence electrons. The molecule has 0 atom stereocenters. The highest BCUT2D eigenvalue weighted by Crippen LogP contribution is 2.52. The third kappa shape index (κ3) is 12.6. The zero-order chi connectivity index (χ0) is 87.0.